The van der Waals surface area contributed by atoms with Crippen LogP contribution in [0.4, 0.5) is 11.8 Å². The molecule has 5 nitrogen and oxygen atoms in total. The van der Waals surface area contributed by atoms with Gasteiger partial charge in [0.1, 0.15) is 5.82 Å². The standard InChI is InChI=1S/C16H23N5/c1-21(2)15-13-5-3-4-6-14(13)19-16(20-15)18-10-11-7-8-12(17)9-11/h3-6,11-12H,7-10,17H2,1-2H3,(H,18,19,20). The van der Waals surface area contributed by atoms with Crippen LogP contribution < -0.4 is 16.0 Å². The number of hydrogen-bond donors (Lipinski definition) is 2. The van der Waals surface area contributed by atoms with Crippen LogP contribution in [0.5, 0.6) is 0 Å². The van der Waals surface area contributed by atoms with Gasteiger partial charge in [-0.05, 0) is 37.3 Å². The number of nitrogens with two attached hydrogens (primary N) is 1. The van der Waals surface area contributed by atoms with E-state index in [0.29, 0.717) is 17.9 Å². The second-order valence-electron chi connectivity index (χ2n) is 6.10. The summed E-state index contributed by atoms with van der Waals surface area (Å²) in [5, 5.41) is 4.47. The van der Waals surface area contributed by atoms with E-state index in [0.717, 1.165) is 36.1 Å². The number of rotatable bonds is 4. The van der Waals surface area contributed by atoms with Crippen molar-refractivity contribution >= 4 is 22.7 Å². The number of anilines is 2. The molecule has 21 heavy (non-hydrogen) atoms. The van der Waals surface area contributed by atoms with Crippen molar-refractivity contribution in [1.82, 2.24) is 9.97 Å². The molecule has 3 rings (SSSR count). The molecule has 0 spiro atoms. The minimum absolute atomic E-state index is 0.367. The summed E-state index contributed by atoms with van der Waals surface area (Å²) in [5.74, 6) is 2.29. The Morgan fingerprint density at radius 3 is 2.76 bits per heavy atom. The molecule has 0 saturated heterocycles. The Morgan fingerprint density at radius 2 is 2.05 bits per heavy atom. The van der Waals surface area contributed by atoms with Crippen LogP contribution in [0.25, 0.3) is 10.9 Å². The molecule has 2 unspecified atom stereocenters. The Labute approximate surface area is 125 Å². The Morgan fingerprint density at radius 1 is 1.24 bits per heavy atom. The molecule has 1 aliphatic rings. The van der Waals surface area contributed by atoms with Gasteiger partial charge in [-0.25, -0.2) is 4.98 Å². The fraction of sp³-hybridized carbons (Fsp3) is 0.500. The Hall–Kier alpha value is -1.88. The molecule has 3 N–H and O–H groups in total. The summed E-state index contributed by atoms with van der Waals surface area (Å²) >= 11 is 0. The maximum absolute atomic E-state index is 5.97. The van der Waals surface area contributed by atoms with Crippen LogP contribution in [-0.2, 0) is 0 Å². The molecule has 1 fully saturated rings. The summed E-state index contributed by atoms with van der Waals surface area (Å²) in [6.45, 7) is 0.902. The first-order valence-corrected chi connectivity index (χ1v) is 7.57. The molecule has 1 saturated carbocycles. The van der Waals surface area contributed by atoms with Crippen LogP contribution in [0, 0.1) is 5.92 Å². The molecular weight excluding hydrogens is 262 g/mol. The summed E-state index contributed by atoms with van der Waals surface area (Å²) in [7, 11) is 4.02. The molecule has 112 valence electrons. The van der Waals surface area contributed by atoms with Crippen LogP contribution in [0.2, 0.25) is 0 Å². The molecule has 2 aromatic rings. The maximum atomic E-state index is 5.97. The van der Waals surface area contributed by atoms with Gasteiger partial charge in [-0.3, -0.25) is 0 Å². The second kappa shape index (κ2) is 5.85. The topological polar surface area (TPSA) is 67.1 Å². The van der Waals surface area contributed by atoms with Crippen LogP contribution in [0.3, 0.4) is 0 Å². The van der Waals surface area contributed by atoms with Gasteiger partial charge in [0.25, 0.3) is 0 Å². The number of nitrogens with zero attached hydrogens (tertiary/aromatic N) is 3. The van der Waals surface area contributed by atoms with Gasteiger partial charge in [-0.15, -0.1) is 0 Å². The molecule has 1 aromatic carbocycles. The molecule has 0 amide bonds. The van der Waals surface area contributed by atoms with E-state index >= 15 is 0 Å². The Kier molecular flexibility index (Phi) is 3.92. The molecule has 2 atom stereocenters. The van der Waals surface area contributed by atoms with E-state index in [-0.39, 0.29) is 0 Å². The zero-order valence-corrected chi connectivity index (χ0v) is 12.7. The van der Waals surface area contributed by atoms with Crippen molar-refractivity contribution in [3.63, 3.8) is 0 Å². The zero-order chi connectivity index (χ0) is 14.8. The van der Waals surface area contributed by atoms with E-state index in [9.17, 15) is 0 Å². The first-order valence-electron chi connectivity index (χ1n) is 7.57. The SMILES string of the molecule is CN(C)c1nc(NCC2CCC(N)C2)nc2ccccc12. The van der Waals surface area contributed by atoms with Gasteiger partial charge in [-0.2, -0.15) is 4.98 Å². The van der Waals surface area contributed by atoms with E-state index in [1.165, 1.54) is 6.42 Å². The molecule has 0 bridgehead atoms. The third-order valence-electron chi connectivity index (χ3n) is 4.14. The van der Waals surface area contributed by atoms with Crippen molar-refractivity contribution in [1.29, 1.82) is 0 Å². The van der Waals surface area contributed by atoms with Crippen molar-refractivity contribution < 1.29 is 0 Å². The van der Waals surface area contributed by atoms with E-state index < -0.39 is 0 Å². The normalized spacial score (nSPS) is 21.7. The van der Waals surface area contributed by atoms with Crippen LogP contribution in [0.1, 0.15) is 19.3 Å². The quantitative estimate of drug-likeness (QED) is 0.901. The molecule has 1 aromatic heterocycles. The monoisotopic (exact) mass is 285 g/mol. The van der Waals surface area contributed by atoms with Crippen LogP contribution in [-0.4, -0.2) is 36.6 Å². The summed E-state index contributed by atoms with van der Waals surface area (Å²) in [6.07, 6.45) is 3.43. The maximum Gasteiger partial charge on any atom is 0.225 e. The lowest BCUT2D eigenvalue weighted by molar-refractivity contribution is 0.564. The minimum Gasteiger partial charge on any atom is -0.362 e. The fourth-order valence-corrected chi connectivity index (χ4v) is 3.01. The molecular formula is C16H23N5. The van der Waals surface area contributed by atoms with E-state index in [1.54, 1.807) is 0 Å². The Balaban J connectivity index is 1.82. The van der Waals surface area contributed by atoms with Gasteiger partial charge in [0.15, 0.2) is 0 Å². The lowest BCUT2D eigenvalue weighted by Gasteiger charge is -2.17. The largest absolute Gasteiger partial charge is 0.362 e. The number of aromatic nitrogens is 2. The number of nitrogens with one attached hydrogen (secondary N) is 1. The smallest absolute Gasteiger partial charge is 0.225 e. The average Bonchev–Trinajstić information content (AvgIpc) is 2.89. The van der Waals surface area contributed by atoms with Gasteiger partial charge in [0.2, 0.25) is 5.95 Å². The highest BCUT2D eigenvalue weighted by Gasteiger charge is 2.21. The van der Waals surface area contributed by atoms with Gasteiger partial charge in [-0.1, -0.05) is 12.1 Å². The fourth-order valence-electron chi connectivity index (χ4n) is 3.01. The minimum atomic E-state index is 0.367. The highest BCUT2D eigenvalue weighted by molar-refractivity contribution is 5.90. The molecule has 0 radical (unpaired) electrons. The highest BCUT2D eigenvalue weighted by atomic mass is 15.2. The van der Waals surface area contributed by atoms with Gasteiger partial charge in [0.05, 0.1) is 5.52 Å². The summed E-state index contributed by atoms with van der Waals surface area (Å²) < 4.78 is 0. The second-order valence-corrected chi connectivity index (χ2v) is 6.10. The Bertz CT molecular complexity index is 625. The van der Waals surface area contributed by atoms with Crippen LogP contribution >= 0.6 is 0 Å². The van der Waals surface area contributed by atoms with Crippen molar-refractivity contribution in [2.24, 2.45) is 11.7 Å². The third-order valence-corrected chi connectivity index (χ3v) is 4.14. The predicted molar refractivity (Wildman–Crippen MR) is 87.7 cm³/mol. The number of benzene rings is 1. The molecule has 5 heteroatoms. The van der Waals surface area contributed by atoms with Gasteiger partial charge >= 0.3 is 0 Å². The first-order chi connectivity index (χ1) is 10.1. The van der Waals surface area contributed by atoms with Crippen molar-refractivity contribution in [3.8, 4) is 0 Å². The molecule has 1 heterocycles. The number of para-hydroxylation sites is 1. The molecule has 0 aliphatic heterocycles. The summed E-state index contributed by atoms with van der Waals surface area (Å²) in [4.78, 5) is 11.3. The first kappa shape index (κ1) is 14.1. The summed E-state index contributed by atoms with van der Waals surface area (Å²) in [6, 6.07) is 8.48. The predicted octanol–water partition coefficient (Wildman–Crippen LogP) is 2.24. The lowest BCUT2D eigenvalue weighted by atomic mass is 10.1. The van der Waals surface area contributed by atoms with E-state index in [1.807, 2.05) is 37.2 Å². The van der Waals surface area contributed by atoms with Crippen LogP contribution in [0.15, 0.2) is 24.3 Å². The van der Waals surface area contributed by atoms with Crippen molar-refractivity contribution in [2.75, 3.05) is 30.9 Å². The lowest BCUT2D eigenvalue weighted by Crippen LogP contribution is -2.19. The third kappa shape index (κ3) is 3.08. The van der Waals surface area contributed by atoms with E-state index in [2.05, 4.69) is 21.4 Å². The van der Waals surface area contributed by atoms with Crippen molar-refractivity contribution in [2.45, 2.75) is 25.3 Å². The van der Waals surface area contributed by atoms with Crippen molar-refractivity contribution in [3.05, 3.63) is 24.3 Å². The number of hydrogen-bond acceptors (Lipinski definition) is 5. The zero-order valence-electron chi connectivity index (χ0n) is 12.7. The average molecular weight is 285 g/mol. The van der Waals surface area contributed by atoms with Gasteiger partial charge < -0.3 is 16.0 Å². The number of fused-ring (bicyclic) bond motifs is 1. The highest BCUT2D eigenvalue weighted by Crippen LogP contribution is 2.26. The summed E-state index contributed by atoms with van der Waals surface area (Å²) in [5.41, 5.74) is 6.94. The van der Waals surface area contributed by atoms with Gasteiger partial charge in [0, 0.05) is 32.1 Å². The van der Waals surface area contributed by atoms with E-state index in [4.69, 9.17) is 5.73 Å². The molecule has 1 aliphatic carbocycles.